The number of carbonyl (C=O) groups is 1. The molecule has 0 radical (unpaired) electrons. The predicted molar refractivity (Wildman–Crippen MR) is 108 cm³/mol. The van der Waals surface area contributed by atoms with Crippen LogP contribution in [0.25, 0.3) is 11.3 Å². The highest BCUT2D eigenvalue weighted by Gasteiger charge is 2.29. The van der Waals surface area contributed by atoms with Crippen LogP contribution in [0.3, 0.4) is 0 Å². The van der Waals surface area contributed by atoms with Gasteiger partial charge in [-0.05, 0) is 61.6 Å². The van der Waals surface area contributed by atoms with E-state index in [1.165, 1.54) is 11.1 Å². The first-order valence-corrected chi connectivity index (χ1v) is 9.83. The van der Waals surface area contributed by atoms with Gasteiger partial charge in [-0.15, -0.1) is 0 Å². The van der Waals surface area contributed by atoms with Crippen molar-refractivity contribution in [2.75, 3.05) is 6.54 Å². The Morgan fingerprint density at radius 2 is 2.00 bits per heavy atom. The van der Waals surface area contributed by atoms with Crippen molar-refractivity contribution in [3.8, 4) is 11.3 Å². The van der Waals surface area contributed by atoms with Gasteiger partial charge in [-0.25, -0.2) is 4.98 Å². The van der Waals surface area contributed by atoms with Crippen molar-refractivity contribution in [2.24, 2.45) is 0 Å². The summed E-state index contributed by atoms with van der Waals surface area (Å²) in [6, 6.07) is 10.4. The molecule has 2 aromatic heterocycles. The number of pyridine rings is 1. The second kappa shape index (κ2) is 7.97. The fraction of sp³-hybridized carbons (Fsp3) is 0.348. The Hall–Kier alpha value is -2.95. The number of carbonyl (C=O) groups excluding carboxylic acids is 1. The normalized spacial score (nSPS) is 16.5. The van der Waals surface area contributed by atoms with Gasteiger partial charge in [-0.3, -0.25) is 9.78 Å². The second-order valence-corrected chi connectivity index (χ2v) is 7.44. The number of amides is 1. The molecular weight excluding hydrogens is 350 g/mol. The lowest BCUT2D eigenvalue weighted by atomic mass is 10.1. The van der Waals surface area contributed by atoms with Gasteiger partial charge in [0.2, 0.25) is 5.91 Å². The highest BCUT2D eigenvalue weighted by atomic mass is 16.4. The smallest absolute Gasteiger partial charge is 0.223 e. The van der Waals surface area contributed by atoms with Gasteiger partial charge in [0.1, 0.15) is 0 Å². The highest BCUT2D eigenvalue weighted by molar-refractivity contribution is 5.77. The van der Waals surface area contributed by atoms with Gasteiger partial charge in [-0.2, -0.15) is 0 Å². The van der Waals surface area contributed by atoms with Crippen molar-refractivity contribution in [3.63, 3.8) is 0 Å². The molecule has 1 atom stereocenters. The summed E-state index contributed by atoms with van der Waals surface area (Å²) < 4.78 is 5.90. The van der Waals surface area contributed by atoms with Crippen LogP contribution >= 0.6 is 0 Å². The monoisotopic (exact) mass is 375 g/mol. The summed E-state index contributed by atoms with van der Waals surface area (Å²) in [5.74, 6) is 1.52. The Bertz CT molecular complexity index is 965. The summed E-state index contributed by atoms with van der Waals surface area (Å²) in [5, 5.41) is 0. The quantitative estimate of drug-likeness (QED) is 0.651. The lowest BCUT2D eigenvalue weighted by Crippen LogP contribution is -2.30. The molecule has 4 rings (SSSR count). The van der Waals surface area contributed by atoms with Crippen LogP contribution in [0.2, 0.25) is 0 Å². The summed E-state index contributed by atoms with van der Waals surface area (Å²) >= 11 is 0. The van der Waals surface area contributed by atoms with E-state index >= 15 is 0 Å². The van der Waals surface area contributed by atoms with E-state index in [-0.39, 0.29) is 11.9 Å². The minimum atomic E-state index is 0.158. The zero-order chi connectivity index (χ0) is 19.5. The Morgan fingerprint density at radius 3 is 2.79 bits per heavy atom. The molecule has 1 saturated heterocycles. The molecule has 1 amide bonds. The molecule has 3 aromatic rings. The maximum atomic E-state index is 12.8. The number of nitrogens with zero attached hydrogens (tertiary/aromatic N) is 3. The molecule has 0 spiro atoms. The molecule has 1 fully saturated rings. The van der Waals surface area contributed by atoms with Crippen molar-refractivity contribution in [3.05, 3.63) is 71.5 Å². The molecule has 1 aliphatic rings. The van der Waals surface area contributed by atoms with E-state index in [1.54, 1.807) is 18.6 Å². The first-order chi connectivity index (χ1) is 13.6. The average Bonchev–Trinajstić information content (AvgIpc) is 3.39. The van der Waals surface area contributed by atoms with Crippen LogP contribution in [-0.4, -0.2) is 27.3 Å². The van der Waals surface area contributed by atoms with E-state index in [0.29, 0.717) is 18.7 Å². The van der Waals surface area contributed by atoms with Crippen molar-refractivity contribution in [2.45, 2.75) is 45.6 Å². The summed E-state index contributed by atoms with van der Waals surface area (Å²) in [4.78, 5) is 23.2. The minimum Gasteiger partial charge on any atom is -0.441 e. The van der Waals surface area contributed by atoms with Crippen LogP contribution < -0.4 is 0 Å². The van der Waals surface area contributed by atoms with Crippen LogP contribution in [0.4, 0.5) is 0 Å². The number of hydrogen-bond donors (Lipinski definition) is 0. The molecule has 0 unspecified atom stereocenters. The van der Waals surface area contributed by atoms with Gasteiger partial charge in [-0.1, -0.05) is 12.1 Å². The molecule has 3 heterocycles. The number of oxazole rings is 1. The molecule has 1 aliphatic heterocycles. The molecule has 0 bridgehead atoms. The van der Waals surface area contributed by atoms with Crippen LogP contribution in [0.1, 0.15) is 47.9 Å². The van der Waals surface area contributed by atoms with Crippen LogP contribution in [0.15, 0.2) is 53.3 Å². The molecule has 5 heteroatoms. The van der Waals surface area contributed by atoms with Gasteiger partial charge in [0, 0.05) is 37.3 Å². The lowest BCUT2D eigenvalue weighted by molar-refractivity contribution is -0.132. The Balaban J connectivity index is 1.40. The minimum absolute atomic E-state index is 0.158. The fourth-order valence-corrected chi connectivity index (χ4v) is 3.81. The van der Waals surface area contributed by atoms with Crippen LogP contribution in [0.5, 0.6) is 0 Å². The molecule has 0 aliphatic carbocycles. The lowest BCUT2D eigenvalue weighted by Gasteiger charge is -2.24. The van der Waals surface area contributed by atoms with Crippen molar-refractivity contribution in [1.29, 1.82) is 0 Å². The summed E-state index contributed by atoms with van der Waals surface area (Å²) in [6.07, 6.45) is 8.30. The molecular formula is C23H25N3O2. The van der Waals surface area contributed by atoms with Gasteiger partial charge in [0.05, 0.1) is 12.2 Å². The number of likely N-dealkylation sites (tertiary alicyclic amines) is 1. The van der Waals surface area contributed by atoms with Crippen molar-refractivity contribution < 1.29 is 9.21 Å². The Morgan fingerprint density at radius 1 is 1.18 bits per heavy atom. The summed E-state index contributed by atoms with van der Waals surface area (Å²) in [7, 11) is 0. The van der Waals surface area contributed by atoms with Gasteiger partial charge in [0.25, 0.3) is 0 Å². The molecule has 5 nitrogen and oxygen atoms in total. The first-order valence-electron chi connectivity index (χ1n) is 9.83. The zero-order valence-corrected chi connectivity index (χ0v) is 16.4. The molecule has 0 saturated carbocycles. The van der Waals surface area contributed by atoms with Gasteiger partial charge < -0.3 is 9.32 Å². The number of hydrogen-bond acceptors (Lipinski definition) is 4. The van der Waals surface area contributed by atoms with E-state index < -0.39 is 0 Å². The number of benzene rings is 1. The van der Waals surface area contributed by atoms with E-state index in [0.717, 1.165) is 36.3 Å². The molecule has 144 valence electrons. The predicted octanol–water partition coefficient (Wildman–Crippen LogP) is 4.65. The first kappa shape index (κ1) is 18.4. The molecule has 0 N–H and O–H groups in total. The third-order valence-corrected chi connectivity index (χ3v) is 5.56. The van der Waals surface area contributed by atoms with Gasteiger partial charge >= 0.3 is 0 Å². The Kier molecular flexibility index (Phi) is 5.24. The zero-order valence-electron chi connectivity index (χ0n) is 16.4. The van der Waals surface area contributed by atoms with Crippen molar-refractivity contribution in [1.82, 2.24) is 14.9 Å². The number of aromatic nitrogens is 2. The third-order valence-electron chi connectivity index (χ3n) is 5.56. The maximum Gasteiger partial charge on any atom is 0.223 e. The summed E-state index contributed by atoms with van der Waals surface area (Å²) in [6.45, 7) is 4.99. The van der Waals surface area contributed by atoms with Gasteiger partial charge in [0.15, 0.2) is 11.7 Å². The third kappa shape index (κ3) is 3.84. The molecule has 1 aromatic carbocycles. The standard InChI is InChI=1S/C23H25N3O2/c1-16-5-6-19(14-17(16)2)21-15-25-22(28-21)7-8-23(27)26-13-3-4-20(26)18-9-11-24-12-10-18/h5-6,9-12,14-15,20H,3-4,7-8,13H2,1-2H3/t20-/m1/s1. The Labute approximate surface area is 165 Å². The number of rotatable bonds is 5. The van der Waals surface area contributed by atoms with Crippen LogP contribution in [-0.2, 0) is 11.2 Å². The summed E-state index contributed by atoms with van der Waals surface area (Å²) in [5.41, 5.74) is 4.66. The maximum absolute atomic E-state index is 12.8. The second-order valence-electron chi connectivity index (χ2n) is 7.44. The molecule has 28 heavy (non-hydrogen) atoms. The van der Waals surface area contributed by atoms with Crippen LogP contribution in [0, 0.1) is 13.8 Å². The van der Waals surface area contributed by atoms with E-state index in [2.05, 4.69) is 35.9 Å². The SMILES string of the molecule is Cc1ccc(-c2cnc(CCC(=O)N3CCC[C@@H]3c3ccncc3)o2)cc1C. The fourth-order valence-electron chi connectivity index (χ4n) is 3.81. The van der Waals surface area contributed by atoms with E-state index in [1.807, 2.05) is 23.1 Å². The number of aryl methyl sites for hydroxylation is 3. The van der Waals surface area contributed by atoms with E-state index in [4.69, 9.17) is 4.42 Å². The highest BCUT2D eigenvalue weighted by Crippen LogP contribution is 2.32. The topological polar surface area (TPSA) is 59.2 Å². The largest absolute Gasteiger partial charge is 0.441 e. The average molecular weight is 375 g/mol. The van der Waals surface area contributed by atoms with E-state index in [9.17, 15) is 4.79 Å². The van der Waals surface area contributed by atoms with Crippen molar-refractivity contribution >= 4 is 5.91 Å².